The summed E-state index contributed by atoms with van der Waals surface area (Å²) in [6.07, 6.45) is 6.10. The molecule has 1 aliphatic carbocycles. The highest BCUT2D eigenvalue weighted by Crippen LogP contribution is 2.39. The van der Waals surface area contributed by atoms with Gasteiger partial charge in [-0.1, -0.05) is 72.3 Å². The van der Waals surface area contributed by atoms with Crippen LogP contribution in [0.1, 0.15) is 16.4 Å². The van der Waals surface area contributed by atoms with Crippen molar-refractivity contribution in [1.82, 2.24) is 0 Å². The lowest BCUT2D eigenvalue weighted by Crippen LogP contribution is -2.30. The minimum Gasteiger partial charge on any atom is -0.388 e. The van der Waals surface area contributed by atoms with Crippen molar-refractivity contribution in [3.05, 3.63) is 90.0 Å². The van der Waals surface area contributed by atoms with Gasteiger partial charge in [0.05, 0.1) is 16.2 Å². The Bertz CT molecular complexity index is 850. The maximum atomic E-state index is 13.3. The lowest BCUT2D eigenvalue weighted by atomic mass is 9.90. The van der Waals surface area contributed by atoms with Crippen molar-refractivity contribution in [1.29, 1.82) is 0 Å². The number of sulfone groups is 1. The Hall–Kier alpha value is -2.17. The summed E-state index contributed by atoms with van der Waals surface area (Å²) in [4.78, 5) is 0.275. The fourth-order valence-corrected chi connectivity index (χ4v) is 5.01. The van der Waals surface area contributed by atoms with Crippen molar-refractivity contribution in [2.24, 2.45) is 5.92 Å². The quantitative estimate of drug-likeness (QED) is 0.925. The van der Waals surface area contributed by atoms with Crippen molar-refractivity contribution in [2.45, 2.75) is 23.2 Å². The maximum Gasteiger partial charge on any atom is 0.186 e. The molecule has 3 nitrogen and oxygen atoms in total. The molecule has 0 heterocycles. The Labute approximate surface area is 142 Å². The van der Waals surface area contributed by atoms with Crippen LogP contribution in [0.25, 0.3) is 0 Å². The molecule has 1 aliphatic rings. The van der Waals surface area contributed by atoms with Gasteiger partial charge >= 0.3 is 0 Å². The van der Waals surface area contributed by atoms with E-state index >= 15 is 0 Å². The van der Waals surface area contributed by atoms with Crippen LogP contribution in [0.4, 0.5) is 0 Å². The van der Waals surface area contributed by atoms with Crippen LogP contribution in [0.3, 0.4) is 0 Å². The molecule has 4 heteroatoms. The summed E-state index contributed by atoms with van der Waals surface area (Å²) in [6, 6.07) is 16.0. The number of benzene rings is 2. The van der Waals surface area contributed by atoms with Crippen LogP contribution in [0.15, 0.2) is 83.8 Å². The third-order valence-electron chi connectivity index (χ3n) is 4.31. The van der Waals surface area contributed by atoms with Gasteiger partial charge in [-0.15, -0.1) is 0 Å². The Morgan fingerprint density at radius 1 is 0.917 bits per heavy atom. The van der Waals surface area contributed by atoms with Crippen LogP contribution in [0.2, 0.25) is 0 Å². The third-order valence-corrected chi connectivity index (χ3v) is 6.49. The summed E-state index contributed by atoms with van der Waals surface area (Å²) in [6.45, 7) is 1.92. The molecule has 0 spiro atoms. The van der Waals surface area contributed by atoms with Crippen molar-refractivity contribution < 1.29 is 13.5 Å². The van der Waals surface area contributed by atoms with Gasteiger partial charge in [0, 0.05) is 5.92 Å². The first-order valence-corrected chi connectivity index (χ1v) is 9.43. The molecule has 0 bridgehead atoms. The van der Waals surface area contributed by atoms with Crippen LogP contribution in [0.5, 0.6) is 0 Å². The van der Waals surface area contributed by atoms with Crippen molar-refractivity contribution in [3.8, 4) is 0 Å². The van der Waals surface area contributed by atoms with E-state index in [9.17, 15) is 13.5 Å². The van der Waals surface area contributed by atoms with Crippen molar-refractivity contribution in [2.75, 3.05) is 0 Å². The normalized spacial score (nSPS) is 21.6. The lowest BCUT2D eigenvalue weighted by Gasteiger charge is -2.29. The molecule has 3 unspecified atom stereocenters. The topological polar surface area (TPSA) is 54.4 Å². The lowest BCUT2D eigenvalue weighted by molar-refractivity contribution is 0.171. The number of rotatable bonds is 4. The molecule has 2 aromatic carbocycles. The molecule has 0 fully saturated rings. The predicted molar refractivity (Wildman–Crippen MR) is 95.3 cm³/mol. The summed E-state index contributed by atoms with van der Waals surface area (Å²) >= 11 is 0. The number of allylic oxidation sites excluding steroid dienone is 2. The van der Waals surface area contributed by atoms with Crippen LogP contribution in [-0.2, 0) is 9.84 Å². The van der Waals surface area contributed by atoms with Crippen LogP contribution in [0, 0.1) is 12.8 Å². The molecule has 0 radical (unpaired) electrons. The van der Waals surface area contributed by atoms with Gasteiger partial charge in [-0.2, -0.15) is 0 Å². The van der Waals surface area contributed by atoms with E-state index in [-0.39, 0.29) is 4.90 Å². The first-order chi connectivity index (χ1) is 11.5. The molecule has 1 N–H and O–H groups in total. The van der Waals surface area contributed by atoms with E-state index in [2.05, 4.69) is 0 Å². The summed E-state index contributed by atoms with van der Waals surface area (Å²) in [5, 5.41) is 9.52. The first kappa shape index (κ1) is 16.7. The zero-order valence-corrected chi connectivity index (χ0v) is 14.2. The second kappa shape index (κ2) is 6.75. The summed E-state index contributed by atoms with van der Waals surface area (Å²) < 4.78 is 26.6. The fraction of sp³-hybridized carbons (Fsp3) is 0.200. The first-order valence-electron chi connectivity index (χ1n) is 7.89. The fourth-order valence-electron chi connectivity index (χ4n) is 3.02. The second-order valence-corrected chi connectivity index (χ2v) is 8.10. The third kappa shape index (κ3) is 3.21. The van der Waals surface area contributed by atoms with E-state index in [1.54, 1.807) is 60.7 Å². The van der Waals surface area contributed by atoms with Gasteiger partial charge in [0.25, 0.3) is 0 Å². The Kier molecular flexibility index (Phi) is 4.69. The van der Waals surface area contributed by atoms with Crippen LogP contribution in [-0.4, -0.2) is 19.6 Å². The van der Waals surface area contributed by atoms with Gasteiger partial charge in [0.1, 0.15) is 0 Å². The van der Waals surface area contributed by atoms with E-state index in [0.29, 0.717) is 5.56 Å². The molecule has 0 saturated carbocycles. The minimum atomic E-state index is -3.65. The minimum absolute atomic E-state index is 0.275. The summed E-state index contributed by atoms with van der Waals surface area (Å²) in [5.74, 6) is -0.524. The van der Waals surface area contributed by atoms with Gasteiger partial charge in [-0.05, 0) is 24.6 Å². The van der Waals surface area contributed by atoms with Crippen molar-refractivity contribution in [3.63, 3.8) is 0 Å². The highest BCUT2D eigenvalue weighted by molar-refractivity contribution is 7.91. The molecular formula is C20H20O3S. The number of aliphatic hydroxyl groups is 1. The average molecular weight is 340 g/mol. The zero-order valence-electron chi connectivity index (χ0n) is 13.4. The van der Waals surface area contributed by atoms with Gasteiger partial charge in [-0.25, -0.2) is 8.42 Å². The van der Waals surface area contributed by atoms with E-state index in [1.165, 1.54) is 0 Å². The molecule has 2 aromatic rings. The summed E-state index contributed by atoms with van der Waals surface area (Å²) in [5.41, 5.74) is 1.69. The molecule has 0 amide bonds. The number of hydrogen-bond donors (Lipinski definition) is 1. The second-order valence-electron chi connectivity index (χ2n) is 6.03. The highest BCUT2D eigenvalue weighted by Gasteiger charge is 2.38. The standard InChI is InChI=1S/C20H20O3S/c1-15-11-13-17(14-12-15)24(22,23)20(16-7-3-2-4-8-16)18-9-5-6-10-19(18)21/h2-14,18-21H,1H3. The Morgan fingerprint density at radius 3 is 2.17 bits per heavy atom. The number of hydrogen-bond acceptors (Lipinski definition) is 3. The van der Waals surface area contributed by atoms with Crippen LogP contribution < -0.4 is 0 Å². The molecule has 0 saturated heterocycles. The van der Waals surface area contributed by atoms with Gasteiger partial charge in [0.15, 0.2) is 9.84 Å². The summed E-state index contributed by atoms with van der Waals surface area (Å²) in [7, 11) is -3.65. The smallest absolute Gasteiger partial charge is 0.186 e. The van der Waals surface area contributed by atoms with Crippen LogP contribution >= 0.6 is 0 Å². The molecule has 0 aliphatic heterocycles. The van der Waals surface area contributed by atoms with Gasteiger partial charge < -0.3 is 5.11 Å². The molecule has 0 aromatic heterocycles. The van der Waals surface area contributed by atoms with Gasteiger partial charge in [0.2, 0.25) is 0 Å². The zero-order chi connectivity index (χ0) is 17.2. The maximum absolute atomic E-state index is 13.3. The Morgan fingerprint density at radius 2 is 1.54 bits per heavy atom. The van der Waals surface area contributed by atoms with E-state index in [4.69, 9.17) is 0 Å². The largest absolute Gasteiger partial charge is 0.388 e. The van der Waals surface area contributed by atoms with Gasteiger partial charge in [-0.3, -0.25) is 0 Å². The van der Waals surface area contributed by atoms with E-state index in [1.807, 2.05) is 25.1 Å². The molecular weight excluding hydrogens is 320 g/mol. The SMILES string of the molecule is Cc1ccc(S(=O)(=O)C(c2ccccc2)C2C=CC=CC2O)cc1. The molecule has 24 heavy (non-hydrogen) atoms. The average Bonchev–Trinajstić information content (AvgIpc) is 2.58. The molecule has 3 rings (SSSR count). The number of aliphatic hydroxyl groups excluding tert-OH is 1. The Balaban J connectivity index is 2.12. The van der Waals surface area contributed by atoms with E-state index in [0.717, 1.165) is 5.56 Å². The monoisotopic (exact) mass is 340 g/mol. The molecule has 124 valence electrons. The number of aryl methyl sites for hydroxylation is 1. The van der Waals surface area contributed by atoms with E-state index < -0.39 is 27.1 Å². The van der Waals surface area contributed by atoms with Crippen molar-refractivity contribution >= 4 is 9.84 Å². The molecule has 3 atom stereocenters. The predicted octanol–water partition coefficient (Wildman–Crippen LogP) is 3.61. The highest BCUT2D eigenvalue weighted by atomic mass is 32.2.